The highest BCUT2D eigenvalue weighted by Gasteiger charge is 2.17. The van der Waals surface area contributed by atoms with Gasteiger partial charge in [-0.1, -0.05) is 13.0 Å². The van der Waals surface area contributed by atoms with Crippen LogP contribution in [0.15, 0.2) is 12.7 Å². The Morgan fingerprint density at radius 2 is 2.29 bits per heavy atom. The monoisotopic (exact) mass is 217 g/mol. The third-order valence-electron chi connectivity index (χ3n) is 2.09. The minimum absolute atomic E-state index is 0.0248. The zero-order valence-corrected chi connectivity index (χ0v) is 9.64. The number of carboxylic acid groups (broad SMARTS) is 1. The molecule has 4 heteroatoms. The van der Waals surface area contributed by atoms with Gasteiger partial charge in [-0.15, -0.1) is 6.58 Å². The summed E-state index contributed by atoms with van der Waals surface area (Å²) in [6.45, 7) is 8.09. The highest BCUT2D eigenvalue weighted by molar-refractivity contribution is 7.99. The first kappa shape index (κ1) is 13.5. The average Bonchev–Trinajstić information content (AvgIpc) is 2.16. The lowest BCUT2D eigenvalue weighted by atomic mass is 10.0. The van der Waals surface area contributed by atoms with Gasteiger partial charge in [-0.05, 0) is 6.92 Å². The van der Waals surface area contributed by atoms with Crippen LogP contribution in [0.4, 0.5) is 0 Å². The molecule has 2 atom stereocenters. The SMILES string of the molecule is C=CCSCCNC(C)C(C)C(=O)O. The maximum atomic E-state index is 10.6. The van der Waals surface area contributed by atoms with Crippen molar-refractivity contribution in [2.24, 2.45) is 5.92 Å². The second-order valence-electron chi connectivity index (χ2n) is 3.23. The van der Waals surface area contributed by atoms with Crippen molar-refractivity contribution in [1.82, 2.24) is 5.32 Å². The number of rotatable bonds is 8. The van der Waals surface area contributed by atoms with E-state index in [0.29, 0.717) is 0 Å². The molecule has 0 bridgehead atoms. The second kappa shape index (κ2) is 7.88. The number of hydrogen-bond donors (Lipinski definition) is 2. The zero-order valence-electron chi connectivity index (χ0n) is 8.82. The molecule has 0 heterocycles. The first-order valence-corrected chi connectivity index (χ1v) is 5.90. The highest BCUT2D eigenvalue weighted by Crippen LogP contribution is 2.03. The molecule has 0 rings (SSSR count). The Hall–Kier alpha value is -0.480. The Kier molecular flexibility index (Phi) is 7.61. The van der Waals surface area contributed by atoms with Gasteiger partial charge in [-0.25, -0.2) is 0 Å². The maximum absolute atomic E-state index is 10.6. The molecule has 2 unspecified atom stereocenters. The van der Waals surface area contributed by atoms with E-state index in [-0.39, 0.29) is 12.0 Å². The van der Waals surface area contributed by atoms with Crippen LogP contribution in [0.1, 0.15) is 13.8 Å². The number of thioether (sulfide) groups is 1. The Bertz CT molecular complexity index is 185. The molecule has 0 aliphatic rings. The van der Waals surface area contributed by atoms with Gasteiger partial charge >= 0.3 is 5.97 Å². The van der Waals surface area contributed by atoms with Gasteiger partial charge in [0.1, 0.15) is 0 Å². The van der Waals surface area contributed by atoms with E-state index >= 15 is 0 Å². The number of aliphatic carboxylic acids is 1. The second-order valence-corrected chi connectivity index (χ2v) is 4.38. The van der Waals surface area contributed by atoms with Crippen molar-refractivity contribution in [3.05, 3.63) is 12.7 Å². The molecule has 0 fully saturated rings. The van der Waals surface area contributed by atoms with Crippen LogP contribution in [0.25, 0.3) is 0 Å². The van der Waals surface area contributed by atoms with Crippen LogP contribution in [-0.4, -0.2) is 35.2 Å². The predicted octanol–water partition coefficient (Wildman–Crippen LogP) is 1.60. The van der Waals surface area contributed by atoms with Crippen molar-refractivity contribution in [3.63, 3.8) is 0 Å². The lowest BCUT2D eigenvalue weighted by Gasteiger charge is -2.17. The summed E-state index contributed by atoms with van der Waals surface area (Å²) in [7, 11) is 0. The number of carbonyl (C=O) groups is 1. The van der Waals surface area contributed by atoms with E-state index in [1.54, 1.807) is 18.7 Å². The molecule has 82 valence electrons. The van der Waals surface area contributed by atoms with Crippen LogP contribution >= 0.6 is 11.8 Å². The topological polar surface area (TPSA) is 49.3 Å². The molecule has 0 aromatic heterocycles. The largest absolute Gasteiger partial charge is 0.481 e. The molecule has 0 aromatic rings. The van der Waals surface area contributed by atoms with Gasteiger partial charge in [0.25, 0.3) is 0 Å². The molecule has 0 saturated heterocycles. The number of carboxylic acids is 1. The van der Waals surface area contributed by atoms with Gasteiger partial charge < -0.3 is 10.4 Å². The molecule has 0 amide bonds. The van der Waals surface area contributed by atoms with Crippen LogP contribution in [-0.2, 0) is 4.79 Å². The fourth-order valence-electron chi connectivity index (χ4n) is 0.916. The number of hydrogen-bond acceptors (Lipinski definition) is 3. The molecule has 14 heavy (non-hydrogen) atoms. The molecule has 0 aliphatic heterocycles. The summed E-state index contributed by atoms with van der Waals surface area (Å²) in [6, 6.07) is 0.0248. The molecule has 0 radical (unpaired) electrons. The normalized spacial score (nSPS) is 14.7. The molecule has 0 spiro atoms. The molecule has 0 aromatic carbocycles. The van der Waals surface area contributed by atoms with E-state index < -0.39 is 5.97 Å². The minimum atomic E-state index is -0.747. The van der Waals surface area contributed by atoms with E-state index in [2.05, 4.69) is 11.9 Å². The fraction of sp³-hybridized carbons (Fsp3) is 0.700. The Morgan fingerprint density at radius 1 is 1.64 bits per heavy atom. The first-order valence-electron chi connectivity index (χ1n) is 4.74. The highest BCUT2D eigenvalue weighted by atomic mass is 32.2. The van der Waals surface area contributed by atoms with E-state index in [0.717, 1.165) is 18.1 Å². The van der Waals surface area contributed by atoms with Gasteiger partial charge in [0, 0.05) is 24.1 Å². The summed E-state index contributed by atoms with van der Waals surface area (Å²) < 4.78 is 0. The van der Waals surface area contributed by atoms with Crippen molar-refractivity contribution in [2.75, 3.05) is 18.1 Å². The summed E-state index contributed by atoms with van der Waals surface area (Å²) in [5.74, 6) is 0.857. The molecule has 2 N–H and O–H groups in total. The molecule has 0 saturated carbocycles. The van der Waals surface area contributed by atoms with E-state index in [1.165, 1.54) is 0 Å². The van der Waals surface area contributed by atoms with Gasteiger partial charge in [0.15, 0.2) is 0 Å². The van der Waals surface area contributed by atoms with Gasteiger partial charge in [0.05, 0.1) is 5.92 Å². The van der Waals surface area contributed by atoms with Crippen molar-refractivity contribution >= 4 is 17.7 Å². The van der Waals surface area contributed by atoms with Gasteiger partial charge in [-0.2, -0.15) is 11.8 Å². The Morgan fingerprint density at radius 3 is 2.79 bits per heavy atom. The Balaban J connectivity index is 3.48. The maximum Gasteiger partial charge on any atom is 0.307 e. The summed E-state index contributed by atoms with van der Waals surface area (Å²) in [6.07, 6.45) is 1.87. The summed E-state index contributed by atoms with van der Waals surface area (Å²) >= 11 is 1.79. The smallest absolute Gasteiger partial charge is 0.307 e. The molecule has 0 aliphatic carbocycles. The van der Waals surface area contributed by atoms with Crippen molar-refractivity contribution in [1.29, 1.82) is 0 Å². The minimum Gasteiger partial charge on any atom is -0.481 e. The van der Waals surface area contributed by atoms with E-state index in [4.69, 9.17) is 5.11 Å². The molecule has 3 nitrogen and oxygen atoms in total. The lowest BCUT2D eigenvalue weighted by Crippen LogP contribution is -2.37. The predicted molar refractivity (Wildman–Crippen MR) is 61.8 cm³/mol. The van der Waals surface area contributed by atoms with Gasteiger partial charge in [-0.3, -0.25) is 4.79 Å². The van der Waals surface area contributed by atoms with Gasteiger partial charge in [0.2, 0.25) is 0 Å². The third-order valence-corrected chi connectivity index (χ3v) is 3.05. The molecular formula is C10H19NO2S. The van der Waals surface area contributed by atoms with Crippen LogP contribution in [0.3, 0.4) is 0 Å². The van der Waals surface area contributed by atoms with Crippen LogP contribution < -0.4 is 5.32 Å². The number of nitrogens with one attached hydrogen (secondary N) is 1. The fourth-order valence-corrected chi connectivity index (χ4v) is 1.51. The van der Waals surface area contributed by atoms with Crippen LogP contribution in [0, 0.1) is 5.92 Å². The summed E-state index contributed by atoms with van der Waals surface area (Å²) in [4.78, 5) is 10.6. The van der Waals surface area contributed by atoms with Crippen molar-refractivity contribution in [3.8, 4) is 0 Å². The zero-order chi connectivity index (χ0) is 11.0. The standard InChI is InChI=1S/C10H19NO2S/c1-4-6-14-7-5-11-9(3)8(2)10(12)13/h4,8-9,11H,1,5-7H2,2-3H3,(H,12,13). The quantitative estimate of drug-likeness (QED) is 0.479. The van der Waals surface area contributed by atoms with Crippen LogP contribution in [0.2, 0.25) is 0 Å². The summed E-state index contributed by atoms with van der Waals surface area (Å²) in [5.41, 5.74) is 0. The van der Waals surface area contributed by atoms with Crippen molar-refractivity contribution in [2.45, 2.75) is 19.9 Å². The van der Waals surface area contributed by atoms with Crippen molar-refractivity contribution < 1.29 is 9.90 Å². The summed E-state index contributed by atoms with van der Waals surface area (Å²) in [5, 5.41) is 11.9. The third kappa shape index (κ3) is 6.05. The average molecular weight is 217 g/mol. The Labute approximate surface area is 90.0 Å². The van der Waals surface area contributed by atoms with Crippen LogP contribution in [0.5, 0.6) is 0 Å². The van der Waals surface area contributed by atoms with E-state index in [9.17, 15) is 4.79 Å². The van der Waals surface area contributed by atoms with E-state index in [1.807, 2.05) is 13.0 Å². The first-order chi connectivity index (χ1) is 6.59. The molecular weight excluding hydrogens is 198 g/mol. The lowest BCUT2D eigenvalue weighted by molar-refractivity contribution is -0.141.